The third-order valence-electron chi connectivity index (χ3n) is 11.2. The van der Waals surface area contributed by atoms with Crippen LogP contribution in [0.1, 0.15) is 71.6 Å². The Morgan fingerprint density at radius 3 is 2.28 bits per heavy atom. The summed E-state index contributed by atoms with van der Waals surface area (Å²) >= 11 is 0. The molecule has 1 heterocycles. The van der Waals surface area contributed by atoms with Crippen LogP contribution in [0, 0.1) is 40.4 Å². The maximum Gasteiger partial charge on any atom is 0.335 e. The smallest absolute Gasteiger partial charge is 0.335 e. The molecule has 0 aromatic carbocycles. The van der Waals surface area contributed by atoms with Gasteiger partial charge in [-0.25, -0.2) is 4.79 Å². The van der Waals surface area contributed by atoms with Crippen molar-refractivity contribution in [3.05, 3.63) is 0 Å². The van der Waals surface area contributed by atoms with Crippen LogP contribution in [-0.4, -0.2) is 80.7 Å². The van der Waals surface area contributed by atoms with E-state index in [-0.39, 0.29) is 35.2 Å². The zero-order valence-corrected chi connectivity index (χ0v) is 21.3. The Labute approximate surface area is 212 Å². The number of rotatable bonds is 5. The summed E-state index contributed by atoms with van der Waals surface area (Å²) in [6, 6.07) is 0. The molecular formula is C27H42O9. The Kier molecular flexibility index (Phi) is 7.05. The van der Waals surface area contributed by atoms with E-state index in [1.807, 2.05) is 0 Å². The minimum Gasteiger partial charge on any atom is -0.479 e. The summed E-state index contributed by atoms with van der Waals surface area (Å²) < 4.78 is 10.7. The van der Waals surface area contributed by atoms with Crippen LogP contribution in [0.3, 0.4) is 0 Å². The van der Waals surface area contributed by atoms with Crippen LogP contribution in [0.15, 0.2) is 0 Å². The van der Waals surface area contributed by atoms with Crippen molar-refractivity contribution in [2.45, 2.75) is 108 Å². The van der Waals surface area contributed by atoms with Gasteiger partial charge in [0.1, 0.15) is 24.9 Å². The summed E-state index contributed by atoms with van der Waals surface area (Å²) in [5.74, 6) is 0.557. The molecule has 5 N–H and O–H groups in total. The number of carbonyl (C=O) groups excluding carboxylic acids is 1. The van der Waals surface area contributed by atoms with Gasteiger partial charge in [-0.15, -0.1) is 0 Å². The number of aliphatic hydroxyl groups excluding tert-OH is 4. The first kappa shape index (κ1) is 26.5. The second kappa shape index (κ2) is 9.58. The standard InChI is InChI=1S/C27H42O9/c1-26-9-7-14(28)11-13(26)3-4-15-16-5-6-18(27(16,2)10-8-17(15)26)19(29)12-35-25-22(32)20(30)21(31)23(36-25)24(33)34/h13-18,20-23,25,28,30-32H,3-12H2,1-2H3,(H,33,34)/t13-,14+,15-,16-,17-,18+,20+,21-,22+,23-,25?,26-,27-/m0/s1. The van der Waals surface area contributed by atoms with Gasteiger partial charge in [0.15, 0.2) is 18.2 Å². The topological polar surface area (TPSA) is 154 Å². The number of Topliss-reactive ketones (excluding diaryl/α,β-unsaturated/α-hetero) is 1. The van der Waals surface area contributed by atoms with Crippen molar-refractivity contribution >= 4 is 11.8 Å². The van der Waals surface area contributed by atoms with E-state index in [9.17, 15) is 35.1 Å². The predicted molar refractivity (Wildman–Crippen MR) is 127 cm³/mol. The van der Waals surface area contributed by atoms with Gasteiger partial charge in [0.25, 0.3) is 0 Å². The summed E-state index contributed by atoms with van der Waals surface area (Å²) in [4.78, 5) is 24.7. The number of ether oxygens (including phenoxy) is 2. The first-order valence-corrected chi connectivity index (χ1v) is 13.7. The largest absolute Gasteiger partial charge is 0.479 e. The number of ketones is 1. The van der Waals surface area contributed by atoms with Crippen molar-refractivity contribution in [3.8, 4) is 0 Å². The molecule has 9 nitrogen and oxygen atoms in total. The maximum absolute atomic E-state index is 13.4. The molecule has 0 bridgehead atoms. The van der Waals surface area contributed by atoms with Gasteiger partial charge in [0, 0.05) is 5.92 Å². The molecule has 0 spiro atoms. The predicted octanol–water partition coefficient (Wildman–Crippen LogP) is 1.48. The van der Waals surface area contributed by atoms with Crippen LogP contribution < -0.4 is 0 Å². The molecule has 5 rings (SSSR count). The van der Waals surface area contributed by atoms with E-state index < -0.39 is 36.7 Å². The summed E-state index contributed by atoms with van der Waals surface area (Å²) in [7, 11) is 0. The van der Waals surface area contributed by atoms with Crippen molar-refractivity contribution in [3.63, 3.8) is 0 Å². The lowest BCUT2D eigenvalue weighted by molar-refractivity contribution is -0.292. The highest BCUT2D eigenvalue weighted by Crippen LogP contribution is 2.67. The lowest BCUT2D eigenvalue weighted by atomic mass is 9.44. The van der Waals surface area contributed by atoms with Gasteiger partial charge in [-0.3, -0.25) is 4.79 Å². The van der Waals surface area contributed by atoms with Crippen molar-refractivity contribution in [1.82, 2.24) is 0 Å². The number of hydrogen-bond acceptors (Lipinski definition) is 8. The number of carboxylic acid groups (broad SMARTS) is 1. The van der Waals surface area contributed by atoms with E-state index in [1.54, 1.807) is 0 Å². The van der Waals surface area contributed by atoms with Gasteiger partial charge in [-0.2, -0.15) is 0 Å². The van der Waals surface area contributed by atoms with Gasteiger partial charge in [-0.05, 0) is 92.3 Å². The molecule has 0 aromatic rings. The zero-order chi connectivity index (χ0) is 26.0. The highest BCUT2D eigenvalue weighted by Gasteiger charge is 2.61. The quantitative estimate of drug-likeness (QED) is 0.370. The Morgan fingerprint density at radius 1 is 0.861 bits per heavy atom. The number of carbonyl (C=O) groups is 2. The zero-order valence-electron chi connectivity index (χ0n) is 21.3. The minimum absolute atomic E-state index is 0.0811. The molecule has 1 saturated heterocycles. The van der Waals surface area contributed by atoms with E-state index in [0.717, 1.165) is 57.8 Å². The second-order valence-corrected chi connectivity index (χ2v) is 12.8. The minimum atomic E-state index is -1.79. The molecule has 204 valence electrons. The molecule has 0 amide bonds. The molecule has 5 aliphatic rings. The fraction of sp³-hybridized carbons (Fsp3) is 0.926. The first-order valence-electron chi connectivity index (χ1n) is 13.7. The molecule has 4 saturated carbocycles. The average molecular weight is 511 g/mol. The monoisotopic (exact) mass is 510 g/mol. The van der Waals surface area contributed by atoms with Gasteiger partial charge >= 0.3 is 5.97 Å². The lowest BCUT2D eigenvalue weighted by Crippen LogP contribution is -2.60. The SMILES string of the molecule is C[C@]12CC[C@@H](O)C[C@@H]1CC[C@@H]1[C@@H]2CC[C@]2(C)[C@@H](C(=O)COC3O[C@H](C(=O)O)[C@@H](O)[C@@H](O)[C@H]3O)CC[C@@H]12. The van der Waals surface area contributed by atoms with Crippen LogP contribution in [0.25, 0.3) is 0 Å². The highest BCUT2D eigenvalue weighted by molar-refractivity contribution is 5.83. The summed E-state index contributed by atoms with van der Waals surface area (Å²) in [6.07, 6.45) is 0.468. The van der Waals surface area contributed by atoms with Crippen LogP contribution in [0.2, 0.25) is 0 Å². The second-order valence-electron chi connectivity index (χ2n) is 12.8. The third-order valence-corrected chi connectivity index (χ3v) is 11.2. The Hall–Kier alpha value is -1.10. The number of hydrogen-bond donors (Lipinski definition) is 5. The molecule has 4 aliphatic carbocycles. The molecule has 1 aliphatic heterocycles. The molecular weight excluding hydrogens is 468 g/mol. The van der Waals surface area contributed by atoms with Crippen LogP contribution in [0.5, 0.6) is 0 Å². The Balaban J connectivity index is 1.24. The number of fused-ring (bicyclic) bond motifs is 5. The van der Waals surface area contributed by atoms with E-state index in [2.05, 4.69) is 13.8 Å². The molecule has 13 atom stereocenters. The van der Waals surface area contributed by atoms with Gasteiger partial charge in [-0.1, -0.05) is 13.8 Å². The molecule has 5 fully saturated rings. The number of carboxylic acids is 1. The normalized spacial score (nSPS) is 52.7. The van der Waals surface area contributed by atoms with E-state index in [1.165, 1.54) is 0 Å². The molecule has 0 aromatic heterocycles. The Bertz CT molecular complexity index is 864. The number of aliphatic hydroxyl groups is 4. The fourth-order valence-corrected chi connectivity index (χ4v) is 9.22. The maximum atomic E-state index is 13.4. The third kappa shape index (κ3) is 4.14. The van der Waals surface area contributed by atoms with Crippen molar-refractivity contribution in [1.29, 1.82) is 0 Å². The van der Waals surface area contributed by atoms with E-state index in [4.69, 9.17) is 9.47 Å². The lowest BCUT2D eigenvalue weighted by Gasteiger charge is -2.60. The van der Waals surface area contributed by atoms with E-state index in [0.29, 0.717) is 23.7 Å². The van der Waals surface area contributed by atoms with Gasteiger partial charge in [0.2, 0.25) is 0 Å². The molecule has 1 unspecified atom stereocenters. The van der Waals surface area contributed by atoms with Crippen molar-refractivity contribution in [2.24, 2.45) is 40.4 Å². The fourth-order valence-electron chi connectivity index (χ4n) is 9.22. The van der Waals surface area contributed by atoms with Crippen molar-refractivity contribution < 1.29 is 44.6 Å². The van der Waals surface area contributed by atoms with Crippen LogP contribution in [0.4, 0.5) is 0 Å². The molecule has 0 radical (unpaired) electrons. The van der Waals surface area contributed by atoms with Crippen LogP contribution >= 0.6 is 0 Å². The summed E-state index contributed by atoms with van der Waals surface area (Å²) in [5.41, 5.74) is 0.152. The van der Waals surface area contributed by atoms with Crippen LogP contribution in [-0.2, 0) is 19.1 Å². The first-order chi connectivity index (χ1) is 17.0. The number of aliphatic carboxylic acids is 1. The summed E-state index contributed by atoms with van der Waals surface area (Å²) in [6.45, 7) is 4.35. The van der Waals surface area contributed by atoms with Gasteiger partial charge < -0.3 is 35.0 Å². The molecule has 36 heavy (non-hydrogen) atoms. The highest BCUT2D eigenvalue weighted by atomic mass is 16.7. The van der Waals surface area contributed by atoms with Gasteiger partial charge in [0.05, 0.1) is 6.10 Å². The molecule has 9 heteroatoms. The van der Waals surface area contributed by atoms with E-state index >= 15 is 0 Å². The van der Waals surface area contributed by atoms with Crippen molar-refractivity contribution in [2.75, 3.05) is 6.61 Å². The Morgan fingerprint density at radius 2 is 1.56 bits per heavy atom. The average Bonchev–Trinajstić information content (AvgIpc) is 3.19. The summed E-state index contributed by atoms with van der Waals surface area (Å²) in [5, 5.41) is 49.6.